The number of methoxy groups -OCH3 is 2. The second kappa shape index (κ2) is 7.59. The lowest BCUT2D eigenvalue weighted by molar-refractivity contribution is -0.697. The zero-order chi connectivity index (χ0) is 20.8. The Hall–Kier alpha value is -2.58. The highest BCUT2D eigenvalue weighted by atomic mass is 35.5. The normalized spacial score (nSPS) is 17.6. The summed E-state index contributed by atoms with van der Waals surface area (Å²) in [6.07, 6.45) is 3.63. The number of anilines is 1. The van der Waals surface area contributed by atoms with Gasteiger partial charge in [-0.1, -0.05) is 23.7 Å². The molecule has 3 aromatic rings. The number of hydrogen-bond donors (Lipinski definition) is 0. The molecule has 0 bridgehead atoms. The summed E-state index contributed by atoms with van der Waals surface area (Å²) < 4.78 is 15.6. The van der Waals surface area contributed by atoms with Crippen molar-refractivity contribution in [3.05, 3.63) is 50.2 Å². The summed E-state index contributed by atoms with van der Waals surface area (Å²) in [5, 5.41) is 0. The van der Waals surface area contributed by atoms with Gasteiger partial charge in [-0.25, -0.2) is 9.78 Å². The van der Waals surface area contributed by atoms with E-state index in [0.29, 0.717) is 15.9 Å². The molecule has 0 fully saturated rings. The molecule has 1 unspecified atom stereocenters. The van der Waals surface area contributed by atoms with Gasteiger partial charge in [-0.2, -0.15) is 9.13 Å². The van der Waals surface area contributed by atoms with Gasteiger partial charge in [-0.15, -0.1) is 11.3 Å². The van der Waals surface area contributed by atoms with Crippen LogP contribution >= 0.6 is 22.9 Å². The molecule has 0 saturated carbocycles. The van der Waals surface area contributed by atoms with Gasteiger partial charge in [0.1, 0.15) is 17.4 Å². The van der Waals surface area contributed by atoms with Crippen LogP contribution in [0.4, 0.5) is 5.95 Å². The summed E-state index contributed by atoms with van der Waals surface area (Å²) in [5.74, 6) is 2.25. The van der Waals surface area contributed by atoms with E-state index in [9.17, 15) is 4.79 Å². The Bertz CT molecular complexity index is 1160. The smallest absolute Gasteiger partial charge is 0.366 e. The van der Waals surface area contributed by atoms with Gasteiger partial charge >= 0.3 is 11.5 Å². The quantitative estimate of drug-likeness (QED) is 0.577. The van der Waals surface area contributed by atoms with Gasteiger partial charge < -0.3 is 9.47 Å². The van der Waals surface area contributed by atoms with E-state index in [2.05, 4.69) is 14.5 Å². The third kappa shape index (κ3) is 2.97. The van der Waals surface area contributed by atoms with E-state index >= 15 is 0 Å². The summed E-state index contributed by atoms with van der Waals surface area (Å²) in [6.45, 7) is 2.61. The van der Waals surface area contributed by atoms with Crippen LogP contribution in [0.5, 0.6) is 11.6 Å². The van der Waals surface area contributed by atoms with E-state index in [1.54, 1.807) is 20.4 Å². The molecular formula is C21H22ClN4O3S+. The first-order valence-electron chi connectivity index (χ1n) is 9.89. The zero-order valence-corrected chi connectivity index (χ0v) is 18.4. The minimum Gasteiger partial charge on any atom is -0.497 e. The maximum atomic E-state index is 13.9. The molecule has 0 radical (unpaired) electrons. The number of benzene rings is 1. The number of aromatic nitrogens is 3. The Balaban J connectivity index is 1.79. The van der Waals surface area contributed by atoms with Crippen LogP contribution in [0, 0.1) is 0 Å². The van der Waals surface area contributed by atoms with Crippen molar-refractivity contribution in [1.82, 2.24) is 9.55 Å². The Morgan fingerprint density at radius 3 is 2.67 bits per heavy atom. The Morgan fingerprint density at radius 2 is 2.00 bits per heavy atom. The zero-order valence-electron chi connectivity index (χ0n) is 16.8. The van der Waals surface area contributed by atoms with Crippen molar-refractivity contribution < 1.29 is 14.0 Å². The van der Waals surface area contributed by atoms with E-state index in [-0.39, 0.29) is 11.6 Å². The van der Waals surface area contributed by atoms with Crippen molar-refractivity contribution in [2.45, 2.75) is 25.4 Å². The highest BCUT2D eigenvalue weighted by molar-refractivity contribution is 7.15. The first-order valence-corrected chi connectivity index (χ1v) is 11.1. The Kier molecular flexibility index (Phi) is 4.91. The number of hydrogen-bond acceptors (Lipinski definition) is 6. The molecule has 0 aliphatic carbocycles. The molecule has 4 heterocycles. The van der Waals surface area contributed by atoms with Crippen LogP contribution in [-0.4, -0.2) is 36.9 Å². The first kappa shape index (κ1) is 19.4. The lowest BCUT2D eigenvalue weighted by Crippen LogP contribution is -2.57. The van der Waals surface area contributed by atoms with Gasteiger partial charge in [-0.3, -0.25) is 4.90 Å². The largest absolute Gasteiger partial charge is 0.497 e. The summed E-state index contributed by atoms with van der Waals surface area (Å²) in [5.41, 5.74) is 1.30. The number of thiazole rings is 1. The van der Waals surface area contributed by atoms with E-state index in [4.69, 9.17) is 21.1 Å². The second-order valence-corrected chi connectivity index (χ2v) is 9.04. The molecule has 1 atom stereocenters. The fraction of sp³-hybridized carbons (Fsp3) is 0.381. The van der Waals surface area contributed by atoms with E-state index < -0.39 is 0 Å². The molecule has 1 aromatic carbocycles. The lowest BCUT2D eigenvalue weighted by Gasteiger charge is -2.34. The summed E-state index contributed by atoms with van der Waals surface area (Å²) in [4.78, 5) is 21.4. The van der Waals surface area contributed by atoms with Crippen LogP contribution in [0.3, 0.4) is 0 Å². The van der Waals surface area contributed by atoms with Crippen molar-refractivity contribution in [3.63, 3.8) is 0 Å². The van der Waals surface area contributed by atoms with Crippen LogP contribution in [0.15, 0.2) is 35.3 Å². The van der Waals surface area contributed by atoms with E-state index in [1.165, 1.54) is 11.3 Å². The average molecular weight is 446 g/mol. The van der Waals surface area contributed by atoms with Gasteiger partial charge in [-0.05, 0) is 17.7 Å². The topological polar surface area (TPSA) is 60.5 Å². The predicted octanol–water partition coefficient (Wildman–Crippen LogP) is 3.13. The fourth-order valence-electron chi connectivity index (χ4n) is 4.51. The van der Waals surface area contributed by atoms with Crippen molar-refractivity contribution in [1.29, 1.82) is 0 Å². The molecule has 0 amide bonds. The molecule has 0 spiro atoms. The fourth-order valence-corrected chi connectivity index (χ4v) is 5.59. The van der Waals surface area contributed by atoms with Crippen LogP contribution in [-0.2, 0) is 6.54 Å². The highest BCUT2D eigenvalue weighted by Crippen LogP contribution is 2.37. The molecule has 5 rings (SSSR count). The molecule has 2 aliphatic rings. The summed E-state index contributed by atoms with van der Waals surface area (Å²) >= 11 is 7.56. The van der Waals surface area contributed by atoms with Crippen LogP contribution in [0.1, 0.15) is 23.8 Å². The molecule has 0 N–H and O–H groups in total. The predicted molar refractivity (Wildman–Crippen MR) is 116 cm³/mol. The molecule has 30 heavy (non-hydrogen) atoms. The first-order chi connectivity index (χ1) is 14.6. The molecule has 2 aromatic heterocycles. The Labute approximate surface area is 183 Å². The second-order valence-electron chi connectivity index (χ2n) is 7.40. The molecule has 7 nitrogen and oxygen atoms in total. The lowest BCUT2D eigenvalue weighted by atomic mass is 10.0. The van der Waals surface area contributed by atoms with Gasteiger partial charge in [0.15, 0.2) is 4.47 Å². The third-order valence-corrected chi connectivity index (χ3v) is 7.04. The van der Waals surface area contributed by atoms with Crippen molar-refractivity contribution in [2.24, 2.45) is 0 Å². The molecule has 9 heteroatoms. The van der Waals surface area contributed by atoms with Gasteiger partial charge in [0, 0.05) is 19.0 Å². The van der Waals surface area contributed by atoms with Crippen LogP contribution in [0.2, 0.25) is 4.47 Å². The SMILES string of the molecule is COc1ccc(-c2c(OC)[n+]3c4n(c2=O)C(c2cnc(Cl)s2)CCN4CCC3)cc1. The van der Waals surface area contributed by atoms with Crippen LogP contribution < -0.4 is 24.5 Å². The minimum atomic E-state index is -0.0963. The van der Waals surface area contributed by atoms with E-state index in [1.807, 2.05) is 28.8 Å². The maximum absolute atomic E-state index is 13.9. The van der Waals surface area contributed by atoms with Gasteiger partial charge in [0.2, 0.25) is 0 Å². The molecular weight excluding hydrogens is 424 g/mol. The van der Waals surface area contributed by atoms with Gasteiger partial charge in [0.05, 0.1) is 38.7 Å². The Morgan fingerprint density at radius 1 is 1.20 bits per heavy atom. The van der Waals surface area contributed by atoms with Gasteiger partial charge in [0.25, 0.3) is 5.88 Å². The maximum Gasteiger partial charge on any atom is 0.366 e. The minimum absolute atomic E-state index is 0.0654. The summed E-state index contributed by atoms with van der Waals surface area (Å²) in [7, 11) is 3.26. The number of rotatable bonds is 4. The number of ether oxygens (including phenoxy) is 2. The molecule has 156 valence electrons. The summed E-state index contributed by atoms with van der Waals surface area (Å²) in [6, 6.07) is 7.43. The molecule has 2 aliphatic heterocycles. The third-order valence-electron chi connectivity index (χ3n) is 5.82. The molecule has 0 saturated heterocycles. The average Bonchev–Trinajstić information content (AvgIpc) is 3.21. The number of halogens is 1. The van der Waals surface area contributed by atoms with Crippen molar-refractivity contribution >= 4 is 28.9 Å². The standard InChI is InChI=1S/C21H22ClN4O3S/c1-28-14-6-4-13(5-7-14)17-18(27)26-15(16-12-23-20(22)30-16)8-11-24-9-3-10-25(21(24)26)19(17)29-2/h4-7,12,15H,3,8-11H2,1-2H3/q+1. The van der Waals surface area contributed by atoms with Crippen LogP contribution in [0.25, 0.3) is 11.1 Å². The van der Waals surface area contributed by atoms with E-state index in [0.717, 1.165) is 54.6 Å². The monoisotopic (exact) mass is 445 g/mol. The van der Waals surface area contributed by atoms with Crippen molar-refractivity contribution in [2.75, 3.05) is 32.2 Å². The number of nitrogens with zero attached hydrogens (tertiary/aromatic N) is 4. The highest BCUT2D eigenvalue weighted by Gasteiger charge is 2.42. The van der Waals surface area contributed by atoms with Crippen molar-refractivity contribution in [3.8, 4) is 22.8 Å².